The van der Waals surface area contributed by atoms with Crippen LogP contribution in [0.4, 0.5) is 11.4 Å². The number of benzene rings is 2. The highest BCUT2D eigenvalue weighted by Crippen LogP contribution is 2.63. The van der Waals surface area contributed by atoms with E-state index >= 15 is 0 Å². The van der Waals surface area contributed by atoms with Crippen LogP contribution in [-0.2, 0) is 13.8 Å². The molecule has 0 spiro atoms. The number of nitro benzene ring substituents is 1. The number of Topliss-reactive ketones (excluding diaryl/α,β-unsaturated/α-hetero) is 1. The average Bonchev–Trinajstić information content (AvgIpc) is 3.26. The smallest absolute Gasteiger partial charge is 0.286 e. The van der Waals surface area contributed by atoms with Crippen LogP contribution in [0.5, 0.6) is 0 Å². The number of hydrazone groups is 1. The summed E-state index contributed by atoms with van der Waals surface area (Å²) in [5.41, 5.74) is 0.399. The van der Waals surface area contributed by atoms with E-state index in [1.54, 1.807) is 19.1 Å². The molecular weight excluding hydrogens is 409 g/mol. The van der Waals surface area contributed by atoms with Crippen molar-refractivity contribution in [1.29, 1.82) is 0 Å². The van der Waals surface area contributed by atoms with Gasteiger partial charge in [0, 0.05) is 24.1 Å². The highest BCUT2D eigenvalue weighted by atomic mass is 31.2. The number of ether oxygens (including phenoxy) is 1. The molecule has 2 aliphatic heterocycles. The van der Waals surface area contributed by atoms with Gasteiger partial charge in [0.1, 0.15) is 0 Å². The van der Waals surface area contributed by atoms with Gasteiger partial charge in [-0.2, -0.15) is 10.1 Å². The number of anilines is 1. The summed E-state index contributed by atoms with van der Waals surface area (Å²) in [6.45, 7) is 2.11. The number of carbonyl (C=O) groups is 1. The zero-order valence-corrected chi connectivity index (χ0v) is 17.0. The van der Waals surface area contributed by atoms with Crippen molar-refractivity contribution >= 4 is 30.0 Å². The second kappa shape index (κ2) is 7.85. The van der Waals surface area contributed by atoms with E-state index in [-0.39, 0.29) is 23.3 Å². The van der Waals surface area contributed by atoms with Crippen molar-refractivity contribution in [2.45, 2.75) is 13.3 Å². The number of hydrogen-bond donors (Lipinski definition) is 0. The van der Waals surface area contributed by atoms with Gasteiger partial charge in [0.15, 0.2) is 5.45 Å². The van der Waals surface area contributed by atoms with Gasteiger partial charge in [-0.1, -0.05) is 18.2 Å². The Balaban J connectivity index is 1.83. The molecule has 2 aromatic carbocycles. The Hall–Kier alpha value is -3.29. The molecule has 0 aliphatic carbocycles. The zero-order chi connectivity index (χ0) is 21.3. The standard InChI is InChI=1S/C20H18N3O6P/c1-2-29-30(27)17-12-13-28-20(17)22(15-6-4-3-5-7-15)21-19(30)18(24)14-8-10-16(11-9-14)23(25)26/h3-11H,2,12-13H2,1H3/t30-/m0/s1. The molecule has 9 nitrogen and oxygen atoms in total. The minimum absolute atomic E-state index is 0.117. The third kappa shape index (κ3) is 3.32. The van der Waals surface area contributed by atoms with Gasteiger partial charge >= 0.3 is 0 Å². The van der Waals surface area contributed by atoms with E-state index in [4.69, 9.17) is 9.26 Å². The van der Waals surface area contributed by atoms with E-state index in [0.29, 0.717) is 29.9 Å². The first-order valence-corrected chi connectivity index (χ1v) is 10.9. The lowest BCUT2D eigenvalue weighted by Crippen LogP contribution is -2.29. The fourth-order valence-corrected chi connectivity index (χ4v) is 5.62. The molecule has 2 heterocycles. The van der Waals surface area contributed by atoms with Crippen molar-refractivity contribution in [3.8, 4) is 0 Å². The molecular formula is C20H18N3O6P. The Morgan fingerprint density at radius 2 is 1.93 bits per heavy atom. The van der Waals surface area contributed by atoms with E-state index < -0.39 is 18.1 Å². The Kier molecular flexibility index (Phi) is 5.24. The van der Waals surface area contributed by atoms with Crippen LogP contribution >= 0.6 is 7.37 Å². The summed E-state index contributed by atoms with van der Waals surface area (Å²) in [6.07, 6.45) is 0.350. The van der Waals surface area contributed by atoms with Gasteiger partial charge < -0.3 is 9.26 Å². The van der Waals surface area contributed by atoms with Gasteiger partial charge in [-0.3, -0.25) is 19.5 Å². The largest absolute Gasteiger partial charge is 0.477 e. The van der Waals surface area contributed by atoms with Gasteiger partial charge in [-0.25, -0.2) is 0 Å². The van der Waals surface area contributed by atoms with Gasteiger partial charge in [-0.05, 0) is 31.2 Å². The topological polar surface area (TPSA) is 111 Å². The summed E-state index contributed by atoms with van der Waals surface area (Å²) in [5.74, 6) is -0.292. The number of carbonyl (C=O) groups excluding carboxylic acids is 1. The van der Waals surface area contributed by atoms with E-state index in [2.05, 4.69) is 5.10 Å². The maximum absolute atomic E-state index is 13.9. The lowest BCUT2D eigenvalue weighted by atomic mass is 10.1. The van der Waals surface area contributed by atoms with Crippen molar-refractivity contribution in [1.82, 2.24) is 0 Å². The maximum atomic E-state index is 13.9. The second-order valence-electron chi connectivity index (χ2n) is 6.52. The first-order chi connectivity index (χ1) is 14.5. The number of hydrogen-bond acceptors (Lipinski definition) is 8. The number of nitrogens with zero attached hydrogens (tertiary/aromatic N) is 3. The van der Waals surface area contributed by atoms with Crippen molar-refractivity contribution in [2.24, 2.45) is 5.10 Å². The van der Waals surface area contributed by atoms with E-state index in [0.717, 1.165) is 0 Å². The summed E-state index contributed by atoms with van der Waals surface area (Å²) >= 11 is 0. The third-order valence-electron chi connectivity index (χ3n) is 4.70. The number of ketones is 1. The van der Waals surface area contributed by atoms with Crippen LogP contribution in [0.2, 0.25) is 0 Å². The third-order valence-corrected chi connectivity index (χ3v) is 7.30. The monoisotopic (exact) mass is 427 g/mol. The molecule has 0 N–H and O–H groups in total. The van der Waals surface area contributed by atoms with E-state index in [1.807, 2.05) is 18.2 Å². The van der Waals surface area contributed by atoms with Crippen LogP contribution < -0.4 is 5.01 Å². The molecule has 0 radical (unpaired) electrons. The molecule has 154 valence electrons. The van der Waals surface area contributed by atoms with Crippen LogP contribution in [0.25, 0.3) is 0 Å². The number of nitro groups is 1. The fraction of sp³-hybridized carbons (Fsp3) is 0.200. The molecule has 2 aromatic rings. The van der Waals surface area contributed by atoms with Crippen LogP contribution in [0.15, 0.2) is 70.9 Å². The summed E-state index contributed by atoms with van der Waals surface area (Å²) in [4.78, 5) is 23.6. The van der Waals surface area contributed by atoms with Crippen molar-refractivity contribution < 1.29 is 23.5 Å². The summed E-state index contributed by atoms with van der Waals surface area (Å²) in [6, 6.07) is 14.1. The molecule has 0 fully saturated rings. The van der Waals surface area contributed by atoms with Crippen LogP contribution in [0.1, 0.15) is 23.7 Å². The van der Waals surface area contributed by atoms with Gasteiger partial charge in [-0.15, -0.1) is 0 Å². The molecule has 0 saturated heterocycles. The Morgan fingerprint density at radius 3 is 2.57 bits per heavy atom. The molecule has 0 aromatic heterocycles. The molecule has 10 heteroatoms. The first kappa shape index (κ1) is 20.0. The summed E-state index contributed by atoms with van der Waals surface area (Å²) < 4.78 is 25.2. The summed E-state index contributed by atoms with van der Waals surface area (Å²) in [7, 11) is -3.76. The highest BCUT2D eigenvalue weighted by Gasteiger charge is 2.48. The predicted molar refractivity (Wildman–Crippen MR) is 111 cm³/mol. The second-order valence-corrected chi connectivity index (χ2v) is 8.85. The van der Waals surface area contributed by atoms with Crippen LogP contribution in [-0.4, -0.2) is 29.4 Å². The predicted octanol–water partition coefficient (Wildman–Crippen LogP) is 4.52. The quantitative estimate of drug-likeness (QED) is 0.288. The van der Waals surface area contributed by atoms with Crippen LogP contribution in [0.3, 0.4) is 0 Å². The SMILES string of the molecule is CCO[P@]1(=O)C(C(=O)c2ccc([N+](=O)[O-])cc2)=NN(c2ccccc2)C2=C1CCO2. The van der Waals surface area contributed by atoms with Crippen molar-refractivity contribution in [3.05, 3.63) is 81.5 Å². The van der Waals surface area contributed by atoms with Crippen LogP contribution in [0, 0.1) is 10.1 Å². The fourth-order valence-electron chi connectivity index (χ4n) is 3.33. The Morgan fingerprint density at radius 1 is 1.23 bits per heavy atom. The molecule has 30 heavy (non-hydrogen) atoms. The molecule has 0 unspecified atom stereocenters. The first-order valence-electron chi connectivity index (χ1n) is 9.30. The molecule has 0 bridgehead atoms. The lowest BCUT2D eigenvalue weighted by molar-refractivity contribution is -0.384. The van der Waals surface area contributed by atoms with Gasteiger partial charge in [0.05, 0.1) is 29.1 Å². The van der Waals surface area contributed by atoms with E-state index in [1.165, 1.54) is 29.3 Å². The lowest BCUT2D eigenvalue weighted by Gasteiger charge is -2.30. The number of rotatable bonds is 6. The molecule has 2 aliphatic rings. The highest BCUT2D eigenvalue weighted by molar-refractivity contribution is 7.83. The van der Waals surface area contributed by atoms with Gasteiger partial charge in [0.25, 0.3) is 13.1 Å². The molecule has 0 amide bonds. The summed E-state index contributed by atoms with van der Waals surface area (Å²) in [5, 5.41) is 17.2. The van der Waals surface area contributed by atoms with E-state index in [9.17, 15) is 19.5 Å². The maximum Gasteiger partial charge on any atom is 0.286 e. The molecule has 1 atom stereocenters. The normalized spacial score (nSPS) is 20.4. The Bertz CT molecular complexity index is 1110. The minimum atomic E-state index is -3.76. The van der Waals surface area contributed by atoms with Crippen molar-refractivity contribution in [2.75, 3.05) is 18.2 Å². The Labute approximate surface area is 172 Å². The molecule has 4 rings (SSSR count). The average molecular weight is 427 g/mol. The van der Waals surface area contributed by atoms with Crippen molar-refractivity contribution in [3.63, 3.8) is 0 Å². The number of non-ortho nitro benzene ring substituents is 1. The zero-order valence-electron chi connectivity index (χ0n) is 16.1. The van der Waals surface area contributed by atoms with Gasteiger partial charge in [0.2, 0.25) is 11.7 Å². The number of para-hydroxylation sites is 1. The minimum Gasteiger partial charge on any atom is -0.477 e. The molecule has 0 saturated carbocycles.